The number of carbonyl (C=O) groups is 1. The zero-order chi connectivity index (χ0) is 26.3. The number of ether oxygens (including phenoxy) is 2. The van der Waals surface area contributed by atoms with E-state index in [2.05, 4.69) is 16.8 Å². The molecule has 4 rings (SSSR count). The largest absolute Gasteiger partial charge is 0.493 e. The molecule has 9 heteroatoms. The molecule has 0 saturated heterocycles. The van der Waals surface area contributed by atoms with Crippen LogP contribution < -0.4 is 15.2 Å². The maximum absolute atomic E-state index is 13.5. The predicted octanol–water partition coefficient (Wildman–Crippen LogP) is 3.23. The summed E-state index contributed by atoms with van der Waals surface area (Å²) < 4.78 is 37.4. The van der Waals surface area contributed by atoms with Crippen LogP contribution in [0.1, 0.15) is 62.7 Å². The normalized spacial score (nSPS) is 24.4. The lowest BCUT2D eigenvalue weighted by atomic mass is 9.85. The molecule has 0 saturated carbocycles. The lowest BCUT2D eigenvalue weighted by Gasteiger charge is -2.43. The number of hydrogen-bond donors (Lipinski definition) is 1. The number of sulfone groups is 1. The van der Waals surface area contributed by atoms with Crippen LogP contribution in [0.2, 0.25) is 0 Å². The molecule has 8 nitrogen and oxygen atoms in total. The quantitative estimate of drug-likeness (QED) is 0.485. The fourth-order valence-corrected chi connectivity index (χ4v) is 6.98. The van der Waals surface area contributed by atoms with Gasteiger partial charge in [-0.3, -0.25) is 9.79 Å². The molecule has 1 aromatic heterocycles. The van der Waals surface area contributed by atoms with Crippen LogP contribution in [0.15, 0.2) is 41.5 Å². The van der Waals surface area contributed by atoms with Crippen molar-refractivity contribution in [1.29, 1.82) is 0 Å². The molecule has 0 unspecified atom stereocenters. The highest BCUT2D eigenvalue weighted by Crippen LogP contribution is 2.48. The summed E-state index contributed by atoms with van der Waals surface area (Å²) in [6, 6.07) is 8.69. The van der Waals surface area contributed by atoms with Crippen LogP contribution in [0.3, 0.4) is 0 Å². The number of aliphatic imine (C=N–C) groups is 1. The molecule has 2 aliphatic rings. The summed E-state index contributed by atoms with van der Waals surface area (Å²) in [7, 11) is -3.66. The van der Waals surface area contributed by atoms with Crippen molar-refractivity contribution >= 4 is 21.5 Å². The molecule has 0 radical (unpaired) electrons. The number of rotatable bonds is 5. The smallest absolute Gasteiger partial charge is 0.185 e. The van der Waals surface area contributed by atoms with Gasteiger partial charge in [0.05, 0.1) is 18.1 Å². The van der Waals surface area contributed by atoms with Crippen molar-refractivity contribution in [3.05, 3.63) is 53.3 Å². The molecule has 0 spiro atoms. The highest BCUT2D eigenvalue weighted by Gasteiger charge is 2.57. The molecule has 190 valence electrons. The monoisotopic (exact) mass is 509 g/mol. The van der Waals surface area contributed by atoms with Crippen molar-refractivity contribution in [3.8, 4) is 23.3 Å². The molecule has 2 N–H and O–H groups in total. The molecule has 2 aromatic rings. The van der Waals surface area contributed by atoms with Gasteiger partial charge in [0.2, 0.25) is 0 Å². The molecule has 0 bridgehead atoms. The first-order valence-corrected chi connectivity index (χ1v) is 13.4. The van der Waals surface area contributed by atoms with E-state index >= 15 is 0 Å². The Hall–Kier alpha value is -3.38. The van der Waals surface area contributed by atoms with Gasteiger partial charge in [0.15, 0.2) is 21.7 Å². The summed E-state index contributed by atoms with van der Waals surface area (Å²) in [6.07, 6.45) is 1.60. The van der Waals surface area contributed by atoms with Gasteiger partial charge in [0.1, 0.15) is 33.3 Å². The second-order valence-corrected chi connectivity index (χ2v) is 12.5. The van der Waals surface area contributed by atoms with Crippen LogP contribution in [0.5, 0.6) is 11.5 Å². The standard InChI is InChI=1S/C27H31N3O5S/c1-6-7-17(2)35-19-9-10-21(29-16-19)22(31)15-18-8-11-23-20(14-18)27(5)24(12-13-34-23)36(32,33)26(3,4)25(28)30-27/h8-11,14,16-17,24H,12-13,15H2,1-5H3,(H2,28,30)/t17-,24-,27-/m1/s1. The van der Waals surface area contributed by atoms with Crippen molar-refractivity contribution < 1.29 is 22.7 Å². The third kappa shape index (κ3) is 4.35. The molecule has 0 aliphatic carbocycles. The van der Waals surface area contributed by atoms with Gasteiger partial charge in [0.25, 0.3) is 0 Å². The number of hydrogen-bond acceptors (Lipinski definition) is 8. The van der Waals surface area contributed by atoms with Gasteiger partial charge in [-0.15, -0.1) is 5.92 Å². The second kappa shape index (κ2) is 9.25. The number of benzene rings is 1. The first-order chi connectivity index (χ1) is 16.9. The van der Waals surface area contributed by atoms with Gasteiger partial charge < -0.3 is 15.2 Å². The molecular formula is C27H31N3O5S. The lowest BCUT2D eigenvalue weighted by molar-refractivity contribution is 0.0988. The number of pyridine rings is 1. The van der Waals surface area contributed by atoms with Crippen LogP contribution in [0.4, 0.5) is 0 Å². The van der Waals surface area contributed by atoms with Gasteiger partial charge in [-0.2, -0.15) is 0 Å². The van der Waals surface area contributed by atoms with Crippen LogP contribution in [0.25, 0.3) is 0 Å². The number of fused-ring (bicyclic) bond motifs is 3. The molecule has 1 aromatic carbocycles. The highest BCUT2D eigenvalue weighted by atomic mass is 32.2. The van der Waals surface area contributed by atoms with Crippen LogP contribution >= 0.6 is 0 Å². The average molecular weight is 510 g/mol. The van der Waals surface area contributed by atoms with Crippen LogP contribution in [-0.2, 0) is 21.8 Å². The van der Waals surface area contributed by atoms with E-state index in [-0.39, 0.29) is 30.8 Å². The molecule has 3 heterocycles. The van der Waals surface area contributed by atoms with E-state index in [1.54, 1.807) is 58.0 Å². The molecular weight excluding hydrogens is 478 g/mol. The van der Waals surface area contributed by atoms with Crippen LogP contribution in [0, 0.1) is 11.8 Å². The SMILES string of the molecule is CC#C[C@@H](C)Oc1ccc(C(=O)Cc2ccc3c(c2)[C@@]2(C)N=C(N)C(C)(C)S(=O)(=O)[C@@H]2CCO3)nc1. The van der Waals surface area contributed by atoms with E-state index in [0.717, 1.165) is 0 Å². The number of carbonyl (C=O) groups excluding carboxylic acids is 1. The Bertz CT molecular complexity index is 1390. The molecule has 36 heavy (non-hydrogen) atoms. The Morgan fingerprint density at radius 1 is 1.28 bits per heavy atom. The summed E-state index contributed by atoms with van der Waals surface area (Å²) in [5, 5.41) is -0.798. The molecule has 3 atom stereocenters. The van der Waals surface area contributed by atoms with E-state index in [1.807, 2.05) is 6.92 Å². The molecule has 2 aliphatic heterocycles. The van der Waals surface area contributed by atoms with Crippen LogP contribution in [-0.4, -0.2) is 47.7 Å². The second-order valence-electron chi connectivity index (χ2n) is 9.79. The lowest BCUT2D eigenvalue weighted by Crippen LogP contribution is -2.59. The maximum Gasteiger partial charge on any atom is 0.185 e. The predicted molar refractivity (Wildman–Crippen MR) is 138 cm³/mol. The summed E-state index contributed by atoms with van der Waals surface area (Å²) in [5.74, 6) is 6.66. The topological polar surface area (TPSA) is 121 Å². The Morgan fingerprint density at radius 3 is 2.69 bits per heavy atom. The van der Waals surface area contributed by atoms with E-state index in [0.29, 0.717) is 34.7 Å². The summed E-state index contributed by atoms with van der Waals surface area (Å²) >= 11 is 0. The molecule has 0 amide bonds. The minimum absolute atomic E-state index is 0.0707. The van der Waals surface area contributed by atoms with Gasteiger partial charge in [-0.05, 0) is 64.4 Å². The first kappa shape index (κ1) is 25.7. The highest BCUT2D eigenvalue weighted by molar-refractivity contribution is 7.94. The number of ketones is 1. The van der Waals surface area contributed by atoms with E-state index < -0.39 is 25.4 Å². The van der Waals surface area contributed by atoms with Crippen molar-refractivity contribution in [1.82, 2.24) is 4.98 Å². The fourth-order valence-electron chi connectivity index (χ4n) is 4.74. The number of nitrogens with zero attached hydrogens (tertiary/aromatic N) is 2. The third-order valence-corrected chi connectivity index (χ3v) is 10.0. The number of aromatic nitrogens is 1. The van der Waals surface area contributed by atoms with Gasteiger partial charge in [-0.25, -0.2) is 13.4 Å². The number of amidine groups is 1. The Kier molecular flexibility index (Phi) is 6.60. The van der Waals surface area contributed by atoms with E-state index in [1.165, 1.54) is 6.20 Å². The van der Waals surface area contributed by atoms with Crippen molar-refractivity contribution in [2.45, 2.75) is 69.1 Å². The van der Waals surface area contributed by atoms with Gasteiger partial charge in [-0.1, -0.05) is 12.0 Å². The summed E-state index contributed by atoms with van der Waals surface area (Å²) in [6.45, 7) is 8.77. The fraction of sp³-hybridized carbons (Fsp3) is 0.444. The van der Waals surface area contributed by atoms with E-state index in [4.69, 9.17) is 20.2 Å². The van der Waals surface area contributed by atoms with Gasteiger partial charge >= 0.3 is 0 Å². The Balaban J connectivity index is 1.64. The van der Waals surface area contributed by atoms with E-state index in [9.17, 15) is 13.2 Å². The summed E-state index contributed by atoms with van der Waals surface area (Å²) in [4.78, 5) is 22.0. The Morgan fingerprint density at radius 2 is 2.03 bits per heavy atom. The number of nitrogens with two attached hydrogens (primary N) is 1. The van der Waals surface area contributed by atoms with Crippen molar-refractivity contribution in [2.75, 3.05) is 6.61 Å². The average Bonchev–Trinajstić information content (AvgIpc) is 2.95. The van der Waals surface area contributed by atoms with Crippen molar-refractivity contribution in [3.63, 3.8) is 0 Å². The third-order valence-electron chi connectivity index (χ3n) is 6.96. The Labute approximate surface area is 212 Å². The van der Waals surface area contributed by atoms with Gasteiger partial charge in [0, 0.05) is 18.4 Å². The maximum atomic E-state index is 13.5. The minimum Gasteiger partial charge on any atom is -0.493 e. The van der Waals surface area contributed by atoms with Crippen molar-refractivity contribution in [2.24, 2.45) is 10.7 Å². The minimum atomic E-state index is -3.66. The zero-order valence-corrected chi connectivity index (χ0v) is 22.0. The zero-order valence-electron chi connectivity index (χ0n) is 21.2. The first-order valence-electron chi connectivity index (χ1n) is 11.8. The number of Topliss-reactive ketones (excluding diaryl/α,β-unsaturated/α-hetero) is 1. The summed E-state index contributed by atoms with van der Waals surface area (Å²) in [5.41, 5.74) is 6.68. The molecule has 0 fully saturated rings.